The normalized spacial score (nSPS) is 29.2. The van der Waals surface area contributed by atoms with Crippen molar-refractivity contribution in [3.05, 3.63) is 0 Å². The van der Waals surface area contributed by atoms with E-state index in [1.165, 1.54) is 12.8 Å². The minimum Gasteiger partial charge on any atom is -0.381 e. The van der Waals surface area contributed by atoms with Crippen LogP contribution in [0.2, 0.25) is 0 Å². The average molecular weight is 284 g/mol. The van der Waals surface area contributed by atoms with Crippen molar-refractivity contribution in [3.8, 4) is 0 Å². The van der Waals surface area contributed by atoms with Crippen molar-refractivity contribution in [2.75, 3.05) is 33.4 Å². The van der Waals surface area contributed by atoms with Crippen molar-refractivity contribution in [3.63, 3.8) is 0 Å². The lowest BCUT2D eigenvalue weighted by atomic mass is 10.1. The fourth-order valence-corrected chi connectivity index (χ4v) is 3.08. The molecule has 0 amide bonds. The van der Waals surface area contributed by atoms with Gasteiger partial charge in [0.2, 0.25) is 0 Å². The van der Waals surface area contributed by atoms with E-state index in [-0.39, 0.29) is 5.54 Å². The molecule has 2 saturated heterocycles. The number of hydrogen-bond donors (Lipinski definition) is 1. The number of ether oxygens (including phenoxy) is 2. The Morgan fingerprint density at radius 1 is 1.05 bits per heavy atom. The number of rotatable bonds is 5. The lowest BCUT2D eigenvalue weighted by molar-refractivity contribution is -0.00253. The molecule has 2 aliphatic rings. The molecule has 0 aromatic carbocycles. The average Bonchev–Trinajstić information content (AvgIpc) is 2.84. The van der Waals surface area contributed by atoms with E-state index in [4.69, 9.17) is 9.47 Å². The SMILES string of the molecule is CN(CC1CCC(CNC(C)(C)C)O1)C1CCOCC1. The Kier molecular flexibility index (Phi) is 5.84. The first kappa shape index (κ1) is 16.2. The fourth-order valence-electron chi connectivity index (χ4n) is 3.08. The van der Waals surface area contributed by atoms with Gasteiger partial charge in [0.05, 0.1) is 12.2 Å². The summed E-state index contributed by atoms with van der Waals surface area (Å²) in [5.74, 6) is 0. The summed E-state index contributed by atoms with van der Waals surface area (Å²) in [6.45, 7) is 10.5. The zero-order valence-electron chi connectivity index (χ0n) is 13.7. The van der Waals surface area contributed by atoms with Crippen LogP contribution in [-0.4, -0.2) is 62.0 Å². The van der Waals surface area contributed by atoms with Crippen LogP contribution in [0.15, 0.2) is 0 Å². The minimum absolute atomic E-state index is 0.181. The van der Waals surface area contributed by atoms with Crippen molar-refractivity contribution >= 4 is 0 Å². The van der Waals surface area contributed by atoms with Crippen LogP contribution in [0, 0.1) is 0 Å². The molecule has 0 radical (unpaired) electrons. The Bertz CT molecular complexity index is 285. The van der Waals surface area contributed by atoms with Crippen molar-refractivity contribution in [1.29, 1.82) is 0 Å². The molecule has 2 heterocycles. The van der Waals surface area contributed by atoms with Crippen molar-refractivity contribution in [2.24, 2.45) is 0 Å². The summed E-state index contributed by atoms with van der Waals surface area (Å²) in [5.41, 5.74) is 0.181. The lowest BCUT2D eigenvalue weighted by Gasteiger charge is -2.32. The molecule has 4 nitrogen and oxygen atoms in total. The zero-order chi connectivity index (χ0) is 14.6. The van der Waals surface area contributed by atoms with Gasteiger partial charge in [-0.3, -0.25) is 0 Å². The standard InChI is InChI=1S/C16H32N2O2/c1-16(2,3)17-11-14-5-6-15(20-14)12-18(4)13-7-9-19-10-8-13/h13-15,17H,5-12H2,1-4H3. The molecule has 2 aliphatic heterocycles. The molecule has 0 aromatic rings. The summed E-state index contributed by atoms with van der Waals surface area (Å²) in [6.07, 6.45) is 5.52. The van der Waals surface area contributed by atoms with Gasteiger partial charge in [-0.25, -0.2) is 0 Å². The first-order valence-corrected chi connectivity index (χ1v) is 8.12. The number of nitrogens with one attached hydrogen (secondary N) is 1. The molecule has 2 rings (SSSR count). The van der Waals surface area contributed by atoms with Gasteiger partial charge in [-0.1, -0.05) is 0 Å². The maximum Gasteiger partial charge on any atom is 0.0707 e. The Labute approximate surface area is 124 Å². The van der Waals surface area contributed by atoms with Crippen LogP contribution in [0.3, 0.4) is 0 Å². The molecule has 2 atom stereocenters. The van der Waals surface area contributed by atoms with Crippen LogP contribution in [0.4, 0.5) is 0 Å². The van der Waals surface area contributed by atoms with Gasteiger partial charge in [0.15, 0.2) is 0 Å². The van der Waals surface area contributed by atoms with Gasteiger partial charge in [-0.05, 0) is 53.5 Å². The molecule has 118 valence electrons. The van der Waals surface area contributed by atoms with Gasteiger partial charge >= 0.3 is 0 Å². The summed E-state index contributed by atoms with van der Waals surface area (Å²) in [5, 5.41) is 3.55. The molecule has 0 aromatic heterocycles. The summed E-state index contributed by atoms with van der Waals surface area (Å²) < 4.78 is 11.6. The third kappa shape index (κ3) is 5.32. The Morgan fingerprint density at radius 3 is 2.35 bits per heavy atom. The molecule has 0 saturated carbocycles. The van der Waals surface area contributed by atoms with E-state index in [0.29, 0.717) is 18.2 Å². The van der Waals surface area contributed by atoms with Crippen molar-refractivity contribution in [2.45, 2.75) is 70.2 Å². The van der Waals surface area contributed by atoms with E-state index in [2.05, 4.69) is 38.0 Å². The van der Waals surface area contributed by atoms with Gasteiger partial charge in [-0.15, -0.1) is 0 Å². The minimum atomic E-state index is 0.181. The maximum absolute atomic E-state index is 6.18. The van der Waals surface area contributed by atoms with Gasteiger partial charge < -0.3 is 19.7 Å². The Morgan fingerprint density at radius 2 is 1.70 bits per heavy atom. The Hall–Kier alpha value is -0.160. The van der Waals surface area contributed by atoms with Crippen LogP contribution in [-0.2, 0) is 9.47 Å². The van der Waals surface area contributed by atoms with E-state index in [0.717, 1.165) is 39.1 Å². The van der Waals surface area contributed by atoms with Gasteiger partial charge in [-0.2, -0.15) is 0 Å². The molecular formula is C16H32N2O2. The van der Waals surface area contributed by atoms with Crippen LogP contribution >= 0.6 is 0 Å². The molecule has 0 spiro atoms. The van der Waals surface area contributed by atoms with Crippen LogP contribution in [0.1, 0.15) is 46.5 Å². The van der Waals surface area contributed by atoms with E-state index in [1.807, 2.05) is 0 Å². The van der Waals surface area contributed by atoms with Gasteiger partial charge in [0.1, 0.15) is 0 Å². The largest absolute Gasteiger partial charge is 0.381 e. The fraction of sp³-hybridized carbons (Fsp3) is 1.00. The monoisotopic (exact) mass is 284 g/mol. The molecule has 2 unspecified atom stereocenters. The van der Waals surface area contributed by atoms with E-state index in [1.54, 1.807) is 0 Å². The molecular weight excluding hydrogens is 252 g/mol. The highest BCUT2D eigenvalue weighted by molar-refractivity contribution is 4.82. The Balaban J connectivity index is 1.67. The highest BCUT2D eigenvalue weighted by atomic mass is 16.5. The topological polar surface area (TPSA) is 33.7 Å². The van der Waals surface area contributed by atoms with Crippen LogP contribution in [0.25, 0.3) is 0 Å². The summed E-state index contributed by atoms with van der Waals surface area (Å²) in [6, 6.07) is 0.680. The predicted molar refractivity (Wildman–Crippen MR) is 82.1 cm³/mol. The summed E-state index contributed by atoms with van der Waals surface area (Å²) in [7, 11) is 2.24. The third-order valence-corrected chi connectivity index (χ3v) is 4.36. The smallest absolute Gasteiger partial charge is 0.0707 e. The first-order chi connectivity index (χ1) is 9.44. The second-order valence-electron chi connectivity index (χ2n) is 7.37. The maximum atomic E-state index is 6.18. The molecule has 4 heteroatoms. The molecule has 2 fully saturated rings. The highest BCUT2D eigenvalue weighted by Gasteiger charge is 2.29. The van der Waals surface area contributed by atoms with Crippen LogP contribution in [0.5, 0.6) is 0 Å². The number of likely N-dealkylation sites (N-methyl/N-ethyl adjacent to an activating group) is 1. The van der Waals surface area contributed by atoms with E-state index >= 15 is 0 Å². The second-order valence-corrected chi connectivity index (χ2v) is 7.37. The number of nitrogens with zero attached hydrogens (tertiary/aromatic N) is 1. The van der Waals surface area contributed by atoms with Crippen LogP contribution < -0.4 is 5.32 Å². The lowest BCUT2D eigenvalue weighted by Crippen LogP contribution is -2.42. The summed E-state index contributed by atoms with van der Waals surface area (Å²) in [4.78, 5) is 2.48. The molecule has 20 heavy (non-hydrogen) atoms. The zero-order valence-corrected chi connectivity index (χ0v) is 13.7. The predicted octanol–water partition coefficient (Wildman–Crippen LogP) is 2.03. The van der Waals surface area contributed by atoms with E-state index < -0.39 is 0 Å². The number of hydrogen-bond acceptors (Lipinski definition) is 4. The summed E-state index contributed by atoms with van der Waals surface area (Å²) >= 11 is 0. The van der Waals surface area contributed by atoms with Crippen molar-refractivity contribution < 1.29 is 9.47 Å². The second kappa shape index (κ2) is 7.21. The highest BCUT2D eigenvalue weighted by Crippen LogP contribution is 2.22. The van der Waals surface area contributed by atoms with Gasteiger partial charge in [0, 0.05) is 37.9 Å². The molecule has 0 aliphatic carbocycles. The van der Waals surface area contributed by atoms with Gasteiger partial charge in [0.25, 0.3) is 0 Å². The first-order valence-electron chi connectivity index (χ1n) is 8.12. The van der Waals surface area contributed by atoms with E-state index in [9.17, 15) is 0 Å². The molecule has 1 N–H and O–H groups in total. The molecule has 0 bridgehead atoms. The quantitative estimate of drug-likeness (QED) is 0.837. The third-order valence-electron chi connectivity index (χ3n) is 4.36. The van der Waals surface area contributed by atoms with Crippen molar-refractivity contribution in [1.82, 2.24) is 10.2 Å².